The molecule has 5 heteroatoms. The first kappa shape index (κ1) is 19.1. The number of carbonyl (C=O) groups is 2. The molecule has 0 aliphatic carbocycles. The summed E-state index contributed by atoms with van der Waals surface area (Å²) in [4.78, 5) is 26.6. The van der Waals surface area contributed by atoms with Crippen LogP contribution in [0.15, 0.2) is 66.7 Å². The maximum Gasteiger partial charge on any atom is 0.245 e. The number of likely N-dealkylation sites (tertiary alicyclic amines) is 1. The summed E-state index contributed by atoms with van der Waals surface area (Å²) in [5.74, 6) is -0.480. The van der Waals surface area contributed by atoms with E-state index in [4.69, 9.17) is 0 Å². The lowest BCUT2D eigenvalue weighted by molar-refractivity contribution is -0.133. The molecule has 1 saturated heterocycles. The topological polar surface area (TPSA) is 49.4 Å². The molecular weight excluding hydrogens is 367 g/mol. The van der Waals surface area contributed by atoms with Crippen molar-refractivity contribution in [1.29, 1.82) is 0 Å². The highest BCUT2D eigenvalue weighted by Crippen LogP contribution is 2.18. The molecule has 0 unspecified atom stereocenters. The molecule has 4 nitrogen and oxygen atoms in total. The first-order valence-electron chi connectivity index (χ1n) is 9.89. The van der Waals surface area contributed by atoms with E-state index < -0.39 is 6.04 Å². The van der Waals surface area contributed by atoms with Crippen LogP contribution >= 0.6 is 0 Å². The molecule has 2 amide bonds. The van der Waals surface area contributed by atoms with E-state index >= 15 is 0 Å². The van der Waals surface area contributed by atoms with Gasteiger partial charge in [0.15, 0.2) is 0 Å². The summed E-state index contributed by atoms with van der Waals surface area (Å²) < 4.78 is 13.0. The summed E-state index contributed by atoms with van der Waals surface area (Å²) in [7, 11) is 0. The zero-order chi connectivity index (χ0) is 20.2. The van der Waals surface area contributed by atoms with Gasteiger partial charge in [-0.1, -0.05) is 54.6 Å². The van der Waals surface area contributed by atoms with E-state index in [1.165, 1.54) is 17.5 Å². The van der Waals surface area contributed by atoms with E-state index in [0.29, 0.717) is 32.4 Å². The van der Waals surface area contributed by atoms with E-state index in [1.54, 1.807) is 17.0 Å². The number of halogens is 1. The number of nitrogens with zero attached hydrogens (tertiary/aromatic N) is 1. The first-order valence-corrected chi connectivity index (χ1v) is 9.89. The number of amides is 2. The molecule has 29 heavy (non-hydrogen) atoms. The third-order valence-corrected chi connectivity index (χ3v) is 5.37. The summed E-state index contributed by atoms with van der Waals surface area (Å²) in [6, 6.07) is 20.0. The average Bonchev–Trinajstić information content (AvgIpc) is 3.07. The van der Waals surface area contributed by atoms with Gasteiger partial charge in [-0.2, -0.15) is 0 Å². The van der Waals surface area contributed by atoms with E-state index in [-0.39, 0.29) is 17.6 Å². The molecule has 0 radical (unpaired) electrons. The van der Waals surface area contributed by atoms with Crippen molar-refractivity contribution in [2.75, 3.05) is 6.54 Å². The van der Waals surface area contributed by atoms with Gasteiger partial charge in [-0.25, -0.2) is 4.39 Å². The quantitative estimate of drug-likeness (QED) is 0.695. The predicted molar refractivity (Wildman–Crippen MR) is 111 cm³/mol. The highest BCUT2D eigenvalue weighted by molar-refractivity contribution is 5.89. The van der Waals surface area contributed by atoms with E-state index in [0.717, 1.165) is 16.5 Å². The van der Waals surface area contributed by atoms with Crippen LogP contribution in [0, 0.1) is 5.82 Å². The number of hydrogen-bond acceptors (Lipinski definition) is 2. The van der Waals surface area contributed by atoms with Gasteiger partial charge in [-0.3, -0.25) is 9.59 Å². The van der Waals surface area contributed by atoms with Crippen molar-refractivity contribution < 1.29 is 14.0 Å². The van der Waals surface area contributed by atoms with Crippen molar-refractivity contribution in [1.82, 2.24) is 10.2 Å². The molecule has 1 heterocycles. The maximum absolute atomic E-state index is 13.0. The van der Waals surface area contributed by atoms with Crippen molar-refractivity contribution in [3.8, 4) is 0 Å². The molecule has 0 spiro atoms. The molecular formula is C24H23FN2O2. The van der Waals surface area contributed by atoms with Crippen LogP contribution in [0.4, 0.5) is 4.39 Å². The normalized spacial score (nSPS) is 16.4. The van der Waals surface area contributed by atoms with E-state index in [9.17, 15) is 14.0 Å². The lowest BCUT2D eigenvalue weighted by Crippen LogP contribution is -2.41. The minimum Gasteiger partial charge on any atom is -0.344 e. The van der Waals surface area contributed by atoms with Crippen LogP contribution < -0.4 is 5.32 Å². The molecule has 1 aliphatic heterocycles. The molecule has 3 aromatic rings. The third-order valence-electron chi connectivity index (χ3n) is 5.37. The predicted octanol–water partition coefficient (Wildman–Crippen LogP) is 3.83. The molecule has 1 N–H and O–H groups in total. The number of rotatable bonds is 6. The number of benzene rings is 3. The summed E-state index contributed by atoms with van der Waals surface area (Å²) in [6.07, 6.45) is 1.58. The van der Waals surface area contributed by atoms with Crippen LogP contribution in [0.2, 0.25) is 0 Å². The van der Waals surface area contributed by atoms with E-state index in [2.05, 4.69) is 29.6 Å². The number of aryl methyl sites for hydroxylation is 1. The SMILES string of the molecule is O=C(CCc1ccc2ccccc2c1)N[C@H]1CCN(Cc2ccc(F)cc2)C1=O. The Morgan fingerprint density at radius 3 is 2.52 bits per heavy atom. The van der Waals surface area contributed by atoms with Crippen LogP contribution in [0.25, 0.3) is 10.8 Å². The van der Waals surface area contributed by atoms with Crippen molar-refractivity contribution in [3.05, 3.63) is 83.7 Å². The van der Waals surface area contributed by atoms with Crippen molar-refractivity contribution in [3.63, 3.8) is 0 Å². The summed E-state index contributed by atoms with van der Waals surface area (Å²) in [5, 5.41) is 5.21. The van der Waals surface area contributed by atoms with Gasteiger partial charge in [-0.15, -0.1) is 0 Å². The van der Waals surface area contributed by atoms with E-state index in [1.807, 2.05) is 18.2 Å². The average molecular weight is 390 g/mol. The Bertz CT molecular complexity index is 1030. The molecule has 0 aromatic heterocycles. The molecule has 1 aliphatic rings. The summed E-state index contributed by atoms with van der Waals surface area (Å²) >= 11 is 0. The third kappa shape index (κ3) is 4.62. The monoisotopic (exact) mass is 390 g/mol. The van der Waals surface area contributed by atoms with Crippen molar-refractivity contribution in [2.24, 2.45) is 0 Å². The highest BCUT2D eigenvalue weighted by Gasteiger charge is 2.32. The number of hydrogen-bond donors (Lipinski definition) is 1. The van der Waals surface area contributed by atoms with Crippen LogP contribution in [0.5, 0.6) is 0 Å². The Hall–Kier alpha value is -3.21. The molecule has 0 saturated carbocycles. The fourth-order valence-electron chi connectivity index (χ4n) is 3.76. The first-order chi connectivity index (χ1) is 14.1. The van der Waals surface area contributed by atoms with Crippen LogP contribution in [-0.4, -0.2) is 29.3 Å². The Morgan fingerprint density at radius 1 is 1.00 bits per heavy atom. The van der Waals surface area contributed by atoms with Crippen LogP contribution in [-0.2, 0) is 22.6 Å². The molecule has 3 aromatic carbocycles. The number of carbonyl (C=O) groups excluding carboxylic acids is 2. The van der Waals surface area contributed by atoms with Gasteiger partial charge in [0.2, 0.25) is 11.8 Å². The lowest BCUT2D eigenvalue weighted by Gasteiger charge is -2.17. The van der Waals surface area contributed by atoms with Gasteiger partial charge < -0.3 is 10.2 Å². The highest BCUT2D eigenvalue weighted by atomic mass is 19.1. The molecule has 1 fully saturated rings. The second-order valence-electron chi connectivity index (χ2n) is 7.48. The minimum absolute atomic E-state index is 0.0756. The van der Waals surface area contributed by atoms with Gasteiger partial charge >= 0.3 is 0 Å². The Morgan fingerprint density at radius 2 is 1.72 bits per heavy atom. The minimum atomic E-state index is -0.473. The lowest BCUT2D eigenvalue weighted by atomic mass is 10.0. The number of fused-ring (bicyclic) bond motifs is 1. The second kappa shape index (κ2) is 8.43. The fourth-order valence-corrected chi connectivity index (χ4v) is 3.76. The van der Waals surface area contributed by atoms with Gasteiger partial charge in [0.25, 0.3) is 0 Å². The number of nitrogens with one attached hydrogen (secondary N) is 1. The van der Waals surface area contributed by atoms with Crippen molar-refractivity contribution in [2.45, 2.75) is 31.8 Å². The molecule has 0 bridgehead atoms. The fraction of sp³-hybridized carbons (Fsp3) is 0.250. The van der Waals surface area contributed by atoms with Crippen LogP contribution in [0.3, 0.4) is 0 Å². The Labute approximate surface area is 169 Å². The van der Waals surface area contributed by atoms with Crippen LogP contribution in [0.1, 0.15) is 24.0 Å². The standard InChI is InChI=1S/C24H23FN2O2/c25-21-10-6-18(7-11-21)16-27-14-13-22(24(27)29)26-23(28)12-8-17-5-9-19-3-1-2-4-20(19)15-17/h1-7,9-11,15,22H,8,12-14,16H2,(H,26,28)/t22-/m0/s1. The zero-order valence-electron chi connectivity index (χ0n) is 16.1. The van der Waals surface area contributed by atoms with Gasteiger partial charge in [0.05, 0.1) is 0 Å². The Kier molecular flexibility index (Phi) is 5.56. The van der Waals surface area contributed by atoms with Gasteiger partial charge in [0.1, 0.15) is 11.9 Å². The smallest absolute Gasteiger partial charge is 0.245 e. The molecule has 148 valence electrons. The largest absolute Gasteiger partial charge is 0.344 e. The Balaban J connectivity index is 1.29. The maximum atomic E-state index is 13.0. The summed E-state index contributed by atoms with van der Waals surface area (Å²) in [5.41, 5.74) is 1.98. The summed E-state index contributed by atoms with van der Waals surface area (Å²) in [6.45, 7) is 1.02. The van der Waals surface area contributed by atoms with Crippen molar-refractivity contribution >= 4 is 22.6 Å². The molecule has 4 rings (SSSR count). The van der Waals surface area contributed by atoms with Gasteiger partial charge in [0, 0.05) is 19.5 Å². The second-order valence-corrected chi connectivity index (χ2v) is 7.48. The zero-order valence-corrected chi connectivity index (χ0v) is 16.1. The van der Waals surface area contributed by atoms with Gasteiger partial charge in [-0.05, 0) is 46.9 Å². The molecule has 1 atom stereocenters.